The van der Waals surface area contributed by atoms with Gasteiger partial charge in [-0.3, -0.25) is 9.78 Å². The third-order valence-electron chi connectivity index (χ3n) is 2.31. The van der Waals surface area contributed by atoms with E-state index in [2.05, 4.69) is 25.3 Å². The van der Waals surface area contributed by atoms with E-state index in [1.54, 1.807) is 17.3 Å². The molecule has 112 valence electrons. The van der Waals surface area contributed by atoms with E-state index in [1.807, 2.05) is 5.38 Å². The Morgan fingerprint density at radius 3 is 3.05 bits per heavy atom. The van der Waals surface area contributed by atoms with Crippen molar-refractivity contribution >= 4 is 35.0 Å². The van der Waals surface area contributed by atoms with Crippen molar-refractivity contribution in [2.45, 2.75) is 5.37 Å². The summed E-state index contributed by atoms with van der Waals surface area (Å²) in [5.41, 5.74) is 13.2. The molecule has 0 aromatic carbocycles. The topological polar surface area (TPSA) is 135 Å². The number of nitrogens with zero attached hydrogens (tertiary/aromatic N) is 3. The van der Waals surface area contributed by atoms with Gasteiger partial charge in [-0.2, -0.15) is 0 Å². The maximum atomic E-state index is 11.1. The summed E-state index contributed by atoms with van der Waals surface area (Å²) in [4.78, 5) is 26.1. The zero-order valence-corrected chi connectivity index (χ0v) is 12.7. The maximum absolute atomic E-state index is 11.1. The number of aromatic nitrogens is 3. The van der Waals surface area contributed by atoms with Crippen LogP contribution >= 0.6 is 23.1 Å². The van der Waals surface area contributed by atoms with Gasteiger partial charge in [-0.25, -0.2) is 15.0 Å². The van der Waals surface area contributed by atoms with Gasteiger partial charge in [0.25, 0.3) is 5.56 Å². The van der Waals surface area contributed by atoms with Gasteiger partial charge >= 0.3 is 0 Å². The summed E-state index contributed by atoms with van der Waals surface area (Å²) in [6.07, 6.45) is 1.45. The Morgan fingerprint density at radius 1 is 1.52 bits per heavy atom. The lowest BCUT2D eigenvalue weighted by molar-refractivity contribution is 0.967. The van der Waals surface area contributed by atoms with Crippen LogP contribution in [0, 0.1) is 0 Å². The van der Waals surface area contributed by atoms with Gasteiger partial charge in [-0.15, -0.1) is 23.1 Å². The molecular weight excluding hydrogens is 310 g/mol. The minimum absolute atomic E-state index is 0.0301. The first-order valence-corrected chi connectivity index (χ1v) is 8.02. The lowest BCUT2D eigenvalue weighted by Gasteiger charge is -2.10. The molecule has 1 unspecified atom stereocenters. The highest BCUT2D eigenvalue weighted by Gasteiger charge is 2.12. The number of H-pyrrole nitrogens is 1. The van der Waals surface area contributed by atoms with E-state index in [1.165, 1.54) is 23.6 Å². The highest BCUT2D eigenvalue weighted by Crippen LogP contribution is 2.29. The lowest BCUT2D eigenvalue weighted by atomic mass is 10.5. The molecular formula is C11H15N7OS2. The average molecular weight is 325 g/mol. The van der Waals surface area contributed by atoms with Gasteiger partial charge in [0.05, 0.1) is 11.2 Å². The monoisotopic (exact) mass is 325 g/mol. The van der Waals surface area contributed by atoms with E-state index in [-0.39, 0.29) is 16.9 Å². The second-order valence-electron chi connectivity index (χ2n) is 3.90. The first-order chi connectivity index (χ1) is 10.1. The number of hydrogen-bond donors (Lipinski definition) is 4. The van der Waals surface area contributed by atoms with E-state index in [0.717, 1.165) is 11.4 Å². The number of thiazole rings is 1. The van der Waals surface area contributed by atoms with Crippen LogP contribution in [0.25, 0.3) is 0 Å². The van der Waals surface area contributed by atoms with Crippen molar-refractivity contribution in [2.24, 2.45) is 16.5 Å². The Bertz CT molecular complexity index is 636. The molecule has 0 aliphatic heterocycles. The van der Waals surface area contributed by atoms with Crippen molar-refractivity contribution in [1.82, 2.24) is 15.0 Å². The smallest absolute Gasteiger partial charge is 0.252 e. The second-order valence-corrected chi connectivity index (χ2v) is 5.81. The summed E-state index contributed by atoms with van der Waals surface area (Å²) < 4.78 is 0. The minimum Gasteiger partial charge on any atom is -0.370 e. The fourth-order valence-corrected chi connectivity index (χ4v) is 3.07. The molecule has 2 heterocycles. The second kappa shape index (κ2) is 7.64. The summed E-state index contributed by atoms with van der Waals surface area (Å²) in [6.45, 7) is 0.609. The highest BCUT2D eigenvalue weighted by atomic mass is 32.2. The van der Waals surface area contributed by atoms with E-state index in [0.29, 0.717) is 12.5 Å². The van der Waals surface area contributed by atoms with E-state index in [4.69, 9.17) is 11.5 Å². The summed E-state index contributed by atoms with van der Waals surface area (Å²) in [5, 5.41) is 4.70. The molecule has 0 saturated carbocycles. The maximum Gasteiger partial charge on any atom is 0.252 e. The number of aliphatic imine (C=N–C) groups is 1. The Morgan fingerprint density at radius 2 is 2.38 bits per heavy atom. The van der Waals surface area contributed by atoms with E-state index >= 15 is 0 Å². The fraction of sp³-hybridized carbons (Fsp3) is 0.273. The number of nitrogens with two attached hydrogens (primary N) is 2. The molecule has 2 aromatic heterocycles. The van der Waals surface area contributed by atoms with Crippen molar-refractivity contribution in [3.63, 3.8) is 0 Å². The SMILES string of the molecule is NC(N)=NC(SCCNc1nccc(=O)[nH]1)c1cscn1. The van der Waals surface area contributed by atoms with Crippen LogP contribution < -0.4 is 22.3 Å². The first-order valence-electron chi connectivity index (χ1n) is 6.03. The number of anilines is 1. The zero-order valence-electron chi connectivity index (χ0n) is 11.0. The molecule has 0 fully saturated rings. The normalized spacial score (nSPS) is 11.8. The quantitative estimate of drug-likeness (QED) is 0.327. The molecule has 0 spiro atoms. The van der Waals surface area contributed by atoms with Crippen LogP contribution in [0.3, 0.4) is 0 Å². The van der Waals surface area contributed by atoms with Crippen LogP contribution in [-0.2, 0) is 0 Å². The summed E-state index contributed by atoms with van der Waals surface area (Å²) >= 11 is 3.04. The van der Waals surface area contributed by atoms with Gasteiger partial charge in [0.1, 0.15) is 5.37 Å². The zero-order chi connectivity index (χ0) is 15.1. The first kappa shape index (κ1) is 15.3. The van der Waals surface area contributed by atoms with Gasteiger partial charge in [0.15, 0.2) is 5.96 Å². The van der Waals surface area contributed by atoms with E-state index in [9.17, 15) is 4.79 Å². The highest BCUT2D eigenvalue weighted by molar-refractivity contribution is 7.99. The van der Waals surface area contributed by atoms with Crippen molar-refractivity contribution in [3.05, 3.63) is 39.2 Å². The largest absolute Gasteiger partial charge is 0.370 e. The molecule has 2 rings (SSSR count). The predicted molar refractivity (Wildman–Crippen MR) is 86.5 cm³/mol. The Balaban J connectivity index is 1.85. The summed E-state index contributed by atoms with van der Waals surface area (Å²) in [5.74, 6) is 1.19. The van der Waals surface area contributed by atoms with Crippen LogP contribution in [0.15, 0.2) is 32.9 Å². The Labute approximate surface area is 129 Å². The molecule has 0 aliphatic carbocycles. The molecule has 10 heteroatoms. The molecule has 8 nitrogen and oxygen atoms in total. The summed E-state index contributed by atoms with van der Waals surface area (Å²) in [6, 6.07) is 1.36. The van der Waals surface area contributed by atoms with Gasteiger partial charge in [0, 0.05) is 29.9 Å². The van der Waals surface area contributed by atoms with Crippen LogP contribution in [0.5, 0.6) is 0 Å². The van der Waals surface area contributed by atoms with Crippen molar-refractivity contribution < 1.29 is 0 Å². The number of nitrogens with one attached hydrogen (secondary N) is 2. The molecule has 6 N–H and O–H groups in total. The predicted octanol–water partition coefficient (Wildman–Crippen LogP) is 0.344. The number of aromatic amines is 1. The average Bonchev–Trinajstić information content (AvgIpc) is 2.96. The Kier molecular flexibility index (Phi) is 5.58. The van der Waals surface area contributed by atoms with Crippen LogP contribution in [-0.4, -0.2) is 33.2 Å². The third kappa shape index (κ3) is 5.08. The van der Waals surface area contributed by atoms with Crippen molar-refractivity contribution in [1.29, 1.82) is 0 Å². The molecule has 0 bridgehead atoms. The van der Waals surface area contributed by atoms with Gasteiger partial charge in [-0.1, -0.05) is 0 Å². The number of thioether (sulfide) groups is 1. The lowest BCUT2D eigenvalue weighted by Crippen LogP contribution is -2.23. The number of rotatable bonds is 7. The fourth-order valence-electron chi connectivity index (χ4n) is 1.47. The number of hydrogen-bond acceptors (Lipinski definition) is 7. The van der Waals surface area contributed by atoms with Gasteiger partial charge in [-0.05, 0) is 0 Å². The molecule has 0 saturated heterocycles. The molecule has 0 amide bonds. The van der Waals surface area contributed by atoms with Gasteiger partial charge in [0.2, 0.25) is 5.95 Å². The summed E-state index contributed by atoms with van der Waals surface area (Å²) in [7, 11) is 0. The standard InChI is InChI=1S/C11H15N7OS2/c12-10(13)18-9(7-5-20-6-16-7)21-4-3-15-11-14-2-1-8(19)17-11/h1-2,5-6,9H,3-4H2,(H4,12,13,18)(H2,14,15,17,19). The van der Waals surface area contributed by atoms with Crippen LogP contribution in [0.4, 0.5) is 5.95 Å². The Hall–Kier alpha value is -2.07. The van der Waals surface area contributed by atoms with Crippen LogP contribution in [0.1, 0.15) is 11.1 Å². The molecule has 2 aromatic rings. The third-order valence-corrected chi connectivity index (χ3v) is 4.02. The minimum atomic E-state index is -0.231. The van der Waals surface area contributed by atoms with Crippen molar-refractivity contribution in [3.8, 4) is 0 Å². The molecule has 0 aliphatic rings. The van der Waals surface area contributed by atoms with Gasteiger partial charge < -0.3 is 16.8 Å². The molecule has 0 radical (unpaired) electrons. The van der Waals surface area contributed by atoms with Crippen molar-refractivity contribution in [2.75, 3.05) is 17.6 Å². The molecule has 1 atom stereocenters. The van der Waals surface area contributed by atoms with Crippen LogP contribution in [0.2, 0.25) is 0 Å². The number of guanidine groups is 1. The molecule has 21 heavy (non-hydrogen) atoms. The van der Waals surface area contributed by atoms with E-state index < -0.39 is 0 Å².